The van der Waals surface area contributed by atoms with Gasteiger partial charge in [-0.2, -0.15) is 0 Å². The zero-order valence-electron chi connectivity index (χ0n) is 1.72. The molecule has 3 nitrogen and oxygen atoms in total. The summed E-state index contributed by atoms with van der Waals surface area (Å²) in [6.07, 6.45) is 0. The Hall–Kier alpha value is 0.530. The summed E-state index contributed by atoms with van der Waals surface area (Å²) in [7, 11) is 0. The van der Waals surface area contributed by atoms with Crippen LogP contribution in [0, 0.1) is 10.1 Å². The van der Waals surface area contributed by atoms with Gasteiger partial charge in [0.1, 0.15) is 0 Å². The zero-order valence-corrected chi connectivity index (χ0v) is 3.00. The van der Waals surface area contributed by atoms with Crippen molar-refractivity contribution in [2.45, 2.75) is 0 Å². The fraction of sp³-hybridized carbons (Fsp3) is 0. The molecule has 0 unspecified atom stereocenters. The van der Waals surface area contributed by atoms with Crippen molar-refractivity contribution < 1.29 is 22.7 Å². The summed E-state index contributed by atoms with van der Waals surface area (Å²) in [6.45, 7) is 0. The molecule has 1 N–H and O–H groups in total. The van der Waals surface area contributed by atoms with E-state index in [1.807, 2.05) is 0 Å². The van der Waals surface area contributed by atoms with Gasteiger partial charge in [-0.25, -0.2) is 0 Å². The molecule has 0 radical (unpaired) electrons. The minimum absolute atomic E-state index is 0. The minimum atomic E-state index is 0. The van der Waals surface area contributed by atoms with E-state index in [4.69, 9.17) is 10.1 Å². The Morgan fingerprint density at radius 3 is 1.60 bits per heavy atom. The van der Waals surface area contributed by atoms with E-state index in [0.29, 0.717) is 0 Å². The first kappa shape index (κ1) is 17.7. The van der Waals surface area contributed by atoms with Crippen molar-refractivity contribution in [2.24, 2.45) is 0 Å². The molecule has 0 bridgehead atoms. The van der Waals surface area contributed by atoms with E-state index < -0.39 is 0 Å². The van der Waals surface area contributed by atoms with E-state index in [2.05, 4.69) is 0 Å². The van der Waals surface area contributed by atoms with Gasteiger partial charge in [0.2, 0.25) is 0 Å². The Morgan fingerprint density at radius 2 is 1.60 bits per heavy atom. The Balaban J connectivity index is -0.0000000200. The topological polar surface area (TPSA) is 54.1 Å². The van der Waals surface area contributed by atoms with Crippen LogP contribution in [-0.4, -0.2) is 18.9 Å². The fourth-order valence-corrected chi connectivity index (χ4v) is 0. The van der Waals surface area contributed by atoms with Crippen LogP contribution in [0.3, 0.4) is 0 Å². The second-order valence-corrected chi connectivity index (χ2v) is 0.0833. The molecule has 0 rings (SSSR count). The molecule has 0 aliphatic rings. The van der Waals surface area contributed by atoms with Gasteiger partial charge in [-0.05, 0) is 0 Å². The van der Waals surface area contributed by atoms with Crippen LogP contribution in [0.5, 0.6) is 0 Å². The van der Waals surface area contributed by atoms with Crippen LogP contribution in [0.25, 0.3) is 0 Å². The van der Waals surface area contributed by atoms with Gasteiger partial charge in [0.25, 0.3) is 0 Å². The third kappa shape index (κ3) is 103. The van der Waals surface area contributed by atoms with E-state index in [0.717, 1.165) is 0 Å². The summed E-state index contributed by atoms with van der Waals surface area (Å²) < 4.78 is 0. The first-order valence-corrected chi connectivity index (χ1v) is 0.408. The molecule has 0 saturated heterocycles. The first-order chi connectivity index (χ1) is 1.41. The van der Waals surface area contributed by atoms with Crippen molar-refractivity contribution in [3.63, 3.8) is 0 Å². The summed E-state index contributed by atoms with van der Waals surface area (Å²) in [5.74, 6) is 0. The van der Waals surface area contributed by atoms with E-state index in [1.165, 1.54) is 0 Å². The number of nitrogens with one attached hydrogen (secondary N) is 1. The van der Waals surface area contributed by atoms with Crippen LogP contribution < -0.4 is 5.34 Å². The van der Waals surface area contributed by atoms with E-state index in [-0.39, 0.29) is 41.6 Å². The molecule has 26 valence electrons. The fourth-order valence-electron chi connectivity index (χ4n) is 0. The standard InChI is InChI=1S/Cr.Li.HNO2.H/c;;2-1-3;/h;;1H;. The maximum absolute atomic E-state index is 8.12. The molecule has 0 saturated carbocycles. The number of rotatable bonds is 0. The molecule has 0 atom stereocenters. The zero-order chi connectivity index (χ0) is 2.71. The van der Waals surface area contributed by atoms with Gasteiger partial charge >= 0.3 is 18.9 Å². The second-order valence-electron chi connectivity index (χ2n) is 0.0833. The Kier molecular flexibility index (Phi) is 85.5. The summed E-state index contributed by atoms with van der Waals surface area (Å²) >= 11 is 0. The Morgan fingerprint density at radius 1 is 1.60 bits per heavy atom. The molecule has 5 heteroatoms. The van der Waals surface area contributed by atoms with Gasteiger partial charge in [0.05, 0.1) is 0 Å². The summed E-state index contributed by atoms with van der Waals surface area (Å²) in [5, 5.41) is 8.38. The molecular formula is H2CrLiNO2. The summed E-state index contributed by atoms with van der Waals surface area (Å²) in [6, 6.07) is 0. The predicted molar refractivity (Wildman–Crippen MR) is 14.8 cm³/mol. The number of hydrogen-bond acceptors (Lipinski definition) is 2. The van der Waals surface area contributed by atoms with Crippen LogP contribution in [0.4, 0.5) is 0 Å². The average Bonchev–Trinajstić information content (AvgIpc) is 0.918. The van der Waals surface area contributed by atoms with Crippen LogP contribution in [0.15, 0.2) is 0 Å². The van der Waals surface area contributed by atoms with Crippen LogP contribution in [0.2, 0.25) is 0 Å². The van der Waals surface area contributed by atoms with Crippen LogP contribution >= 0.6 is 0 Å². The van der Waals surface area contributed by atoms with Crippen molar-refractivity contribution >= 4 is 18.9 Å². The molecule has 0 heterocycles. The van der Waals surface area contributed by atoms with Gasteiger partial charge in [-0.1, -0.05) is 0 Å². The van der Waals surface area contributed by atoms with Crippen molar-refractivity contribution in [2.75, 3.05) is 0 Å². The van der Waals surface area contributed by atoms with Gasteiger partial charge < -0.3 is 0 Å². The third-order valence-electron chi connectivity index (χ3n) is 0. The molecule has 0 aromatic heterocycles. The van der Waals surface area contributed by atoms with E-state index >= 15 is 0 Å². The van der Waals surface area contributed by atoms with E-state index in [9.17, 15) is 0 Å². The predicted octanol–water partition coefficient (Wildman–Crippen LogP) is -2.32. The molecule has 0 aromatic carbocycles. The molecule has 0 aromatic rings. The number of hydrogen-bond donors (Lipinski definition) is 1. The van der Waals surface area contributed by atoms with Gasteiger partial charge in [-0.3, -0.25) is 10.1 Å². The average molecular weight is 107 g/mol. The van der Waals surface area contributed by atoms with Gasteiger partial charge in [0, 0.05) is 22.7 Å². The van der Waals surface area contributed by atoms with Crippen molar-refractivity contribution in [1.82, 2.24) is 0 Å². The quantitative estimate of drug-likeness (QED) is 0.214. The third-order valence-corrected chi connectivity index (χ3v) is 0. The molecule has 0 amide bonds. The second kappa shape index (κ2) is 24.1. The normalized spacial score (nSPS) is 2.40. The summed E-state index contributed by atoms with van der Waals surface area (Å²) in [5.41, 5.74) is 0. The molecule has 0 aliphatic heterocycles. The van der Waals surface area contributed by atoms with Crippen molar-refractivity contribution in [3.05, 3.63) is 10.1 Å². The Labute approximate surface area is 52.0 Å². The molecule has 0 aliphatic carbocycles. The van der Waals surface area contributed by atoms with Crippen molar-refractivity contribution in [1.29, 1.82) is 0 Å². The van der Waals surface area contributed by atoms with Crippen molar-refractivity contribution in [3.8, 4) is 0 Å². The van der Waals surface area contributed by atoms with E-state index in [1.54, 1.807) is 0 Å². The van der Waals surface area contributed by atoms with Gasteiger partial charge in [0.15, 0.2) is 0 Å². The van der Waals surface area contributed by atoms with Crippen LogP contribution in [0.1, 0.15) is 0 Å². The monoisotopic (exact) mass is 107 g/mol. The summed E-state index contributed by atoms with van der Waals surface area (Å²) in [4.78, 5) is 8.12. The Bertz CT molecular complexity index is 17.1. The van der Waals surface area contributed by atoms with Crippen LogP contribution in [-0.2, 0) is 17.4 Å². The first-order valence-electron chi connectivity index (χ1n) is 0.408. The molecule has 0 spiro atoms. The molecular weight excluding hydrogens is 105 g/mol. The van der Waals surface area contributed by atoms with Gasteiger partial charge in [-0.15, -0.1) is 0 Å². The maximum atomic E-state index is 8.12. The molecule has 5 heavy (non-hydrogen) atoms. The SMILES string of the molecule is O=[NH+][O-].[Cr].[LiH]. The molecule has 0 fully saturated rings.